The third kappa shape index (κ3) is 5.85. The maximum atomic E-state index is 10.8. The van der Waals surface area contributed by atoms with E-state index in [0.717, 1.165) is 12.7 Å². The summed E-state index contributed by atoms with van der Waals surface area (Å²) in [5.74, 6) is 0. The van der Waals surface area contributed by atoms with Crippen molar-refractivity contribution in [3.63, 3.8) is 0 Å². The summed E-state index contributed by atoms with van der Waals surface area (Å²) in [6.45, 7) is 2.35. The molecule has 5 heteroatoms. The Hall–Kier alpha value is -0.910. The fraction of sp³-hybridized carbons (Fsp3) is 0.455. The molecule has 1 rings (SSSR count). The van der Waals surface area contributed by atoms with Crippen molar-refractivity contribution in [1.82, 2.24) is 5.32 Å². The highest BCUT2D eigenvalue weighted by Crippen LogP contribution is 1.99. The van der Waals surface area contributed by atoms with Gasteiger partial charge in [0.1, 0.15) is 6.23 Å². The highest BCUT2D eigenvalue weighted by atomic mass is 32.2. The van der Waals surface area contributed by atoms with E-state index in [1.54, 1.807) is 6.92 Å². The number of hydrogen-bond acceptors (Lipinski definition) is 4. The van der Waals surface area contributed by atoms with Gasteiger partial charge in [-0.25, -0.2) is 0 Å². The summed E-state index contributed by atoms with van der Waals surface area (Å²) in [5.41, 5.74) is 1.21. The van der Waals surface area contributed by atoms with Crippen LogP contribution in [0.1, 0.15) is 12.5 Å². The minimum atomic E-state index is -3.38. The number of rotatable bonds is 6. The predicted molar refractivity (Wildman–Crippen MR) is 63.5 cm³/mol. The molecule has 0 aliphatic rings. The maximum absolute atomic E-state index is 10.8. The van der Waals surface area contributed by atoms with Crippen molar-refractivity contribution in [1.29, 1.82) is 0 Å². The molecule has 0 bridgehead atoms. The van der Waals surface area contributed by atoms with E-state index in [9.17, 15) is 8.42 Å². The molecule has 0 radical (unpaired) electrons. The second kappa shape index (κ2) is 5.98. The molecule has 1 N–H and O–H groups in total. The quantitative estimate of drug-likeness (QED) is 0.601. The summed E-state index contributed by atoms with van der Waals surface area (Å²) in [7, 11) is -3.38. The van der Waals surface area contributed by atoms with Crippen LogP contribution >= 0.6 is 0 Å². The molecule has 1 atom stereocenters. The van der Waals surface area contributed by atoms with Gasteiger partial charge < -0.3 is 0 Å². The number of hydrogen-bond donors (Lipinski definition) is 1. The Morgan fingerprint density at radius 1 is 1.31 bits per heavy atom. The molecule has 0 saturated heterocycles. The standard InChI is InChI=1S/C11H17NO3S/c1-10(15-16(2,13)14)12-9-8-11-6-4-3-5-7-11/h3-7,10,12H,8-9H2,1-2H3. The molecular weight excluding hydrogens is 226 g/mol. The average molecular weight is 243 g/mol. The van der Waals surface area contributed by atoms with Crippen molar-refractivity contribution in [2.75, 3.05) is 12.8 Å². The molecule has 0 spiro atoms. The van der Waals surface area contributed by atoms with Gasteiger partial charge >= 0.3 is 0 Å². The van der Waals surface area contributed by atoms with Crippen molar-refractivity contribution in [3.8, 4) is 0 Å². The van der Waals surface area contributed by atoms with Crippen LogP contribution in [0, 0.1) is 0 Å². The van der Waals surface area contributed by atoms with E-state index in [0.29, 0.717) is 6.54 Å². The van der Waals surface area contributed by atoms with Crippen LogP contribution in [0.25, 0.3) is 0 Å². The summed E-state index contributed by atoms with van der Waals surface area (Å²) in [6.07, 6.45) is 1.40. The Morgan fingerprint density at radius 2 is 1.94 bits per heavy atom. The predicted octanol–water partition coefficient (Wildman–Crippen LogP) is 1.14. The minimum absolute atomic E-state index is 0.487. The normalized spacial score (nSPS) is 13.6. The molecule has 16 heavy (non-hydrogen) atoms. The third-order valence-electron chi connectivity index (χ3n) is 2.01. The van der Waals surface area contributed by atoms with Crippen molar-refractivity contribution >= 4 is 10.1 Å². The van der Waals surface area contributed by atoms with Gasteiger partial charge in [0.05, 0.1) is 6.26 Å². The fourth-order valence-electron chi connectivity index (χ4n) is 1.36. The Labute approximate surface area is 96.8 Å². The topological polar surface area (TPSA) is 55.4 Å². The van der Waals surface area contributed by atoms with E-state index in [-0.39, 0.29) is 0 Å². The first kappa shape index (κ1) is 13.2. The summed E-state index contributed by atoms with van der Waals surface area (Å²) in [4.78, 5) is 0. The number of benzene rings is 1. The average Bonchev–Trinajstić information content (AvgIpc) is 2.16. The van der Waals surface area contributed by atoms with E-state index in [1.807, 2.05) is 30.3 Å². The van der Waals surface area contributed by atoms with Crippen molar-refractivity contribution in [2.45, 2.75) is 19.6 Å². The fourth-order valence-corrected chi connectivity index (χ4v) is 1.95. The van der Waals surface area contributed by atoms with Gasteiger partial charge in [0.15, 0.2) is 0 Å². The van der Waals surface area contributed by atoms with E-state index in [4.69, 9.17) is 4.18 Å². The molecule has 90 valence electrons. The molecule has 4 nitrogen and oxygen atoms in total. The lowest BCUT2D eigenvalue weighted by Gasteiger charge is -2.12. The smallest absolute Gasteiger partial charge is 0.265 e. The van der Waals surface area contributed by atoms with Crippen LogP contribution < -0.4 is 5.32 Å². The lowest BCUT2D eigenvalue weighted by Crippen LogP contribution is -2.32. The molecule has 1 unspecified atom stereocenters. The van der Waals surface area contributed by atoms with Crippen molar-refractivity contribution < 1.29 is 12.6 Å². The minimum Gasteiger partial charge on any atom is -0.291 e. The van der Waals surface area contributed by atoms with Crippen LogP contribution in [-0.2, 0) is 20.7 Å². The lowest BCUT2D eigenvalue weighted by molar-refractivity contribution is 0.193. The monoisotopic (exact) mass is 243 g/mol. The Morgan fingerprint density at radius 3 is 2.50 bits per heavy atom. The molecule has 0 aromatic heterocycles. The van der Waals surface area contributed by atoms with Crippen LogP contribution in [0.2, 0.25) is 0 Å². The molecule has 1 aromatic carbocycles. The Bertz CT molecular complexity index is 402. The zero-order valence-electron chi connectivity index (χ0n) is 9.51. The van der Waals surface area contributed by atoms with Crippen LogP contribution in [-0.4, -0.2) is 27.4 Å². The summed E-state index contributed by atoms with van der Waals surface area (Å²) in [5, 5.41) is 2.99. The van der Waals surface area contributed by atoms with Crippen molar-refractivity contribution in [2.24, 2.45) is 0 Å². The largest absolute Gasteiger partial charge is 0.291 e. The summed E-state index contributed by atoms with van der Waals surface area (Å²) in [6, 6.07) is 9.98. The molecular formula is C11H17NO3S. The SMILES string of the molecule is CC(NCCc1ccccc1)OS(C)(=O)=O. The Balaban J connectivity index is 2.26. The number of nitrogens with one attached hydrogen (secondary N) is 1. The Kier molecular flexibility index (Phi) is 4.92. The van der Waals surface area contributed by atoms with Crippen LogP contribution in [0.15, 0.2) is 30.3 Å². The van der Waals surface area contributed by atoms with Crippen LogP contribution in [0.3, 0.4) is 0 Å². The van der Waals surface area contributed by atoms with Gasteiger partial charge in [0.2, 0.25) is 0 Å². The summed E-state index contributed by atoms with van der Waals surface area (Å²) >= 11 is 0. The second-order valence-corrected chi connectivity index (χ2v) is 5.23. The van der Waals surface area contributed by atoms with Crippen molar-refractivity contribution in [3.05, 3.63) is 35.9 Å². The first-order valence-corrected chi connectivity index (χ1v) is 6.94. The molecule has 0 heterocycles. The van der Waals surface area contributed by atoms with Gasteiger partial charge in [-0.15, -0.1) is 0 Å². The lowest BCUT2D eigenvalue weighted by atomic mass is 10.1. The molecule has 0 aliphatic heterocycles. The second-order valence-electron chi connectivity index (χ2n) is 3.63. The van der Waals surface area contributed by atoms with E-state index in [1.165, 1.54) is 5.56 Å². The third-order valence-corrected chi connectivity index (χ3v) is 2.65. The van der Waals surface area contributed by atoms with Gasteiger partial charge in [-0.2, -0.15) is 8.42 Å². The van der Waals surface area contributed by atoms with E-state index < -0.39 is 16.3 Å². The molecule has 0 amide bonds. The molecule has 0 fully saturated rings. The van der Waals surface area contributed by atoms with Gasteiger partial charge in [0.25, 0.3) is 10.1 Å². The molecule has 0 aliphatic carbocycles. The van der Waals surface area contributed by atoms with Gasteiger partial charge in [-0.1, -0.05) is 30.3 Å². The maximum Gasteiger partial charge on any atom is 0.265 e. The highest BCUT2D eigenvalue weighted by molar-refractivity contribution is 7.86. The zero-order valence-corrected chi connectivity index (χ0v) is 10.3. The first-order chi connectivity index (χ1) is 7.47. The van der Waals surface area contributed by atoms with E-state index >= 15 is 0 Å². The molecule has 1 aromatic rings. The van der Waals surface area contributed by atoms with Crippen LogP contribution in [0.5, 0.6) is 0 Å². The molecule has 0 saturated carbocycles. The zero-order chi connectivity index (χ0) is 12.0. The van der Waals surface area contributed by atoms with Gasteiger partial charge in [-0.3, -0.25) is 9.50 Å². The summed E-state index contributed by atoms with van der Waals surface area (Å²) < 4.78 is 26.4. The van der Waals surface area contributed by atoms with E-state index in [2.05, 4.69) is 5.32 Å². The highest BCUT2D eigenvalue weighted by Gasteiger charge is 2.08. The van der Waals surface area contributed by atoms with Gasteiger partial charge in [-0.05, 0) is 18.9 Å². The van der Waals surface area contributed by atoms with Gasteiger partial charge in [0, 0.05) is 6.54 Å². The van der Waals surface area contributed by atoms with Crippen LogP contribution in [0.4, 0.5) is 0 Å². The first-order valence-electron chi connectivity index (χ1n) is 5.13.